The van der Waals surface area contributed by atoms with Gasteiger partial charge in [0.2, 0.25) is 0 Å². The van der Waals surface area contributed by atoms with Crippen molar-refractivity contribution in [1.29, 1.82) is 0 Å². The van der Waals surface area contributed by atoms with E-state index in [1.54, 1.807) is 11.0 Å². The molecule has 1 aromatic rings. The lowest BCUT2D eigenvalue weighted by molar-refractivity contribution is -0.145. The van der Waals surface area contributed by atoms with Gasteiger partial charge in [0, 0.05) is 31.7 Å². The molecule has 2 N–H and O–H groups in total. The molecule has 2 heterocycles. The third kappa shape index (κ3) is 6.90. The van der Waals surface area contributed by atoms with Crippen molar-refractivity contribution in [3.63, 3.8) is 0 Å². The molecule has 0 bridgehead atoms. The molecule has 2 atom stereocenters. The Hall–Kier alpha value is -2.29. The Morgan fingerprint density at radius 3 is 2.67 bits per heavy atom. The molecule has 1 aromatic heterocycles. The molecule has 30 heavy (non-hydrogen) atoms. The number of rotatable bonds is 8. The van der Waals surface area contributed by atoms with Gasteiger partial charge in [-0.05, 0) is 26.2 Å². The van der Waals surface area contributed by atoms with Crippen LogP contribution in [0.2, 0.25) is 0 Å². The minimum Gasteiger partial charge on any atom is -0.436 e. The summed E-state index contributed by atoms with van der Waals surface area (Å²) in [6.07, 6.45) is 5.07. The van der Waals surface area contributed by atoms with Crippen molar-refractivity contribution in [2.45, 2.75) is 64.5 Å². The predicted molar refractivity (Wildman–Crippen MR) is 111 cm³/mol. The monoisotopic (exact) mass is 422 g/mol. The highest BCUT2D eigenvalue weighted by molar-refractivity contribution is 5.83. The maximum Gasteiger partial charge on any atom is 0.408 e. The first-order valence-electron chi connectivity index (χ1n) is 11.0. The van der Waals surface area contributed by atoms with E-state index in [9.17, 15) is 9.59 Å². The second-order valence-electron chi connectivity index (χ2n) is 8.32. The van der Waals surface area contributed by atoms with E-state index in [4.69, 9.17) is 14.0 Å². The Morgan fingerprint density at radius 1 is 1.27 bits per heavy atom. The summed E-state index contributed by atoms with van der Waals surface area (Å²) in [7, 11) is 0. The van der Waals surface area contributed by atoms with Crippen LogP contribution in [0.1, 0.15) is 51.2 Å². The fourth-order valence-corrected chi connectivity index (χ4v) is 4.04. The molecule has 3 rings (SSSR count). The smallest absolute Gasteiger partial charge is 0.408 e. The SMILES string of the molecule is Cc1cc(NC[C@H](C)NC(=O)O[C@@H](CC2CCCCC2)C(=O)N2CCOCC2)no1. The van der Waals surface area contributed by atoms with E-state index in [0.717, 1.165) is 12.8 Å². The molecule has 1 aliphatic carbocycles. The van der Waals surface area contributed by atoms with Gasteiger partial charge in [-0.2, -0.15) is 0 Å². The summed E-state index contributed by atoms with van der Waals surface area (Å²) in [6, 6.07) is 1.58. The maximum atomic E-state index is 13.0. The largest absolute Gasteiger partial charge is 0.436 e. The number of nitrogens with one attached hydrogen (secondary N) is 2. The van der Waals surface area contributed by atoms with Crippen molar-refractivity contribution in [2.75, 3.05) is 38.2 Å². The number of carbonyl (C=O) groups excluding carboxylic acids is 2. The summed E-state index contributed by atoms with van der Waals surface area (Å²) < 4.78 is 16.0. The average molecular weight is 423 g/mol. The molecule has 1 saturated carbocycles. The van der Waals surface area contributed by atoms with Crippen LogP contribution in [0.3, 0.4) is 0 Å². The van der Waals surface area contributed by atoms with Gasteiger partial charge in [-0.25, -0.2) is 4.79 Å². The first-order chi connectivity index (χ1) is 14.5. The number of carbonyl (C=O) groups is 2. The van der Waals surface area contributed by atoms with Crippen LogP contribution in [0.15, 0.2) is 10.6 Å². The first-order valence-corrected chi connectivity index (χ1v) is 11.0. The first kappa shape index (κ1) is 22.4. The third-order valence-corrected chi connectivity index (χ3v) is 5.70. The van der Waals surface area contributed by atoms with Crippen molar-refractivity contribution in [3.05, 3.63) is 11.8 Å². The predicted octanol–water partition coefficient (Wildman–Crippen LogP) is 2.71. The molecule has 2 fully saturated rings. The van der Waals surface area contributed by atoms with Gasteiger partial charge in [0.25, 0.3) is 5.91 Å². The lowest BCUT2D eigenvalue weighted by Crippen LogP contribution is -2.49. The molecule has 0 aromatic carbocycles. The Morgan fingerprint density at radius 2 is 2.00 bits per heavy atom. The number of hydrogen-bond donors (Lipinski definition) is 2. The highest BCUT2D eigenvalue weighted by atomic mass is 16.6. The van der Waals surface area contributed by atoms with Crippen LogP contribution >= 0.6 is 0 Å². The molecular formula is C21H34N4O5. The highest BCUT2D eigenvalue weighted by Crippen LogP contribution is 2.28. The van der Waals surface area contributed by atoms with Crippen LogP contribution in [0.5, 0.6) is 0 Å². The van der Waals surface area contributed by atoms with Gasteiger partial charge in [-0.15, -0.1) is 0 Å². The van der Waals surface area contributed by atoms with E-state index in [2.05, 4.69) is 15.8 Å². The van der Waals surface area contributed by atoms with Gasteiger partial charge >= 0.3 is 6.09 Å². The van der Waals surface area contributed by atoms with Crippen molar-refractivity contribution < 1.29 is 23.6 Å². The van der Waals surface area contributed by atoms with E-state index in [-0.39, 0.29) is 11.9 Å². The minimum absolute atomic E-state index is 0.108. The summed E-state index contributed by atoms with van der Waals surface area (Å²) >= 11 is 0. The van der Waals surface area contributed by atoms with Crippen LogP contribution < -0.4 is 10.6 Å². The molecular weight excluding hydrogens is 388 g/mol. The maximum absolute atomic E-state index is 13.0. The Labute approximate surface area is 177 Å². The lowest BCUT2D eigenvalue weighted by Gasteiger charge is -2.32. The zero-order chi connectivity index (χ0) is 21.3. The molecule has 9 nitrogen and oxygen atoms in total. The molecule has 0 unspecified atom stereocenters. The number of amides is 2. The number of nitrogens with zero attached hydrogens (tertiary/aromatic N) is 2. The van der Waals surface area contributed by atoms with E-state index in [0.29, 0.717) is 56.8 Å². The summed E-state index contributed by atoms with van der Waals surface area (Å²) in [6.45, 7) is 6.28. The molecule has 0 radical (unpaired) electrons. The van der Waals surface area contributed by atoms with Crippen LogP contribution in [-0.4, -0.2) is 67.1 Å². The molecule has 0 spiro atoms. The Kier molecular flexibility index (Phi) is 8.36. The zero-order valence-corrected chi connectivity index (χ0v) is 18.0. The van der Waals surface area contributed by atoms with E-state index in [1.165, 1.54) is 19.3 Å². The fraction of sp³-hybridized carbons (Fsp3) is 0.762. The molecule has 9 heteroatoms. The minimum atomic E-state index is -0.746. The number of alkyl carbamates (subject to hydrolysis) is 1. The van der Waals surface area contributed by atoms with E-state index in [1.807, 2.05) is 13.8 Å². The van der Waals surface area contributed by atoms with Crippen molar-refractivity contribution in [2.24, 2.45) is 5.92 Å². The topological polar surface area (TPSA) is 106 Å². The lowest BCUT2D eigenvalue weighted by atomic mass is 9.85. The molecule has 2 aliphatic rings. The number of ether oxygens (including phenoxy) is 2. The number of morpholine rings is 1. The van der Waals surface area contributed by atoms with Gasteiger partial charge in [0.15, 0.2) is 11.9 Å². The molecule has 1 aliphatic heterocycles. The molecule has 168 valence electrons. The number of hydrogen-bond acceptors (Lipinski definition) is 7. The van der Waals surface area contributed by atoms with Gasteiger partial charge in [0.05, 0.1) is 13.2 Å². The van der Waals surface area contributed by atoms with Crippen LogP contribution in [0.4, 0.5) is 10.6 Å². The normalized spacial score (nSPS) is 19.7. The fourth-order valence-electron chi connectivity index (χ4n) is 4.04. The number of aryl methyl sites for hydroxylation is 1. The van der Waals surface area contributed by atoms with E-state index >= 15 is 0 Å². The van der Waals surface area contributed by atoms with E-state index < -0.39 is 12.2 Å². The number of aromatic nitrogens is 1. The van der Waals surface area contributed by atoms with Crippen molar-refractivity contribution in [3.8, 4) is 0 Å². The highest BCUT2D eigenvalue weighted by Gasteiger charge is 2.32. The van der Waals surface area contributed by atoms with Gasteiger partial charge in [-0.3, -0.25) is 4.79 Å². The van der Waals surface area contributed by atoms with Crippen LogP contribution in [0, 0.1) is 12.8 Å². The van der Waals surface area contributed by atoms with Gasteiger partial charge in [0.1, 0.15) is 5.76 Å². The quantitative estimate of drug-likeness (QED) is 0.663. The Balaban J connectivity index is 1.52. The average Bonchev–Trinajstić information content (AvgIpc) is 3.18. The molecule has 1 saturated heterocycles. The number of anilines is 1. The summed E-state index contributed by atoms with van der Waals surface area (Å²) in [4.78, 5) is 27.3. The van der Waals surface area contributed by atoms with Crippen molar-refractivity contribution in [1.82, 2.24) is 15.4 Å². The standard InChI is InChI=1S/C21H34N4O5/c1-15(14-22-19-12-16(2)30-24-19)23-21(27)29-18(13-17-6-4-3-5-7-17)20(26)25-8-10-28-11-9-25/h12,15,17-18H,3-11,13-14H2,1-2H3,(H,22,24)(H,23,27)/t15-,18-/m0/s1. The van der Waals surface area contributed by atoms with Crippen LogP contribution in [0.25, 0.3) is 0 Å². The molecule has 2 amide bonds. The van der Waals surface area contributed by atoms with Crippen molar-refractivity contribution >= 4 is 17.8 Å². The summed E-state index contributed by atoms with van der Waals surface area (Å²) in [5.41, 5.74) is 0. The van der Waals surface area contributed by atoms with Gasteiger partial charge in [-0.1, -0.05) is 37.3 Å². The Bertz CT molecular complexity index is 683. The van der Waals surface area contributed by atoms with Crippen LogP contribution in [-0.2, 0) is 14.3 Å². The zero-order valence-electron chi connectivity index (χ0n) is 18.0. The second kappa shape index (κ2) is 11.2. The van der Waals surface area contributed by atoms with Gasteiger partial charge < -0.3 is 29.5 Å². The third-order valence-electron chi connectivity index (χ3n) is 5.70. The summed E-state index contributed by atoms with van der Waals surface area (Å²) in [5.74, 6) is 1.65. The summed E-state index contributed by atoms with van der Waals surface area (Å²) in [5, 5.41) is 9.77. The second-order valence-corrected chi connectivity index (χ2v) is 8.32.